The molecule has 0 aliphatic heterocycles. The Balaban J connectivity index is 4.63. The van der Waals surface area contributed by atoms with E-state index in [9.17, 15) is 0 Å². The third-order valence-corrected chi connectivity index (χ3v) is 24.1. The van der Waals surface area contributed by atoms with Gasteiger partial charge in [0.05, 0.1) is 0 Å². The van der Waals surface area contributed by atoms with Crippen LogP contribution in [0.3, 0.4) is 0 Å². The van der Waals surface area contributed by atoms with Crippen molar-refractivity contribution in [2.24, 2.45) is 0 Å². The Hall–Kier alpha value is 3.76. The molecule has 0 aromatic heterocycles. The van der Waals surface area contributed by atoms with Crippen LogP contribution in [0.1, 0.15) is 41.5 Å². The van der Waals surface area contributed by atoms with Crippen molar-refractivity contribution >= 4 is 118 Å². The molecule has 4 nitrogen and oxygen atoms in total. The van der Waals surface area contributed by atoms with Gasteiger partial charge in [0, 0.05) is 0 Å². The van der Waals surface area contributed by atoms with Crippen molar-refractivity contribution in [3.63, 3.8) is 0 Å². The minimum absolute atomic E-state index is 0.0855. The number of hydrogen-bond acceptors (Lipinski definition) is 4. The van der Waals surface area contributed by atoms with E-state index in [1.54, 1.807) is 0 Å². The van der Waals surface area contributed by atoms with Crippen LogP contribution in [0.5, 0.6) is 0 Å². The van der Waals surface area contributed by atoms with Gasteiger partial charge in [0.2, 0.25) is 0 Å². The molecule has 0 spiro atoms. The third kappa shape index (κ3) is 11.9. The van der Waals surface area contributed by atoms with E-state index in [1.165, 1.54) is 49.5 Å². The second kappa shape index (κ2) is 9.92. The fraction of sp³-hybridized carbons (Fsp3) is 1.00. The first-order chi connectivity index (χ1) is 8.33. The fourth-order valence-electron chi connectivity index (χ4n) is 1.77. The van der Waals surface area contributed by atoms with Gasteiger partial charge in [0.25, 0.3) is 0 Å². The summed E-state index contributed by atoms with van der Waals surface area (Å²) >= 11 is 4.42. The van der Waals surface area contributed by atoms with Crippen molar-refractivity contribution in [1.29, 1.82) is 0 Å². The Bertz CT molecular complexity index is 269. The molecule has 1 N–H and O–H groups in total. The summed E-state index contributed by atoms with van der Waals surface area (Å²) in [6.07, 6.45) is 0. The molecule has 0 saturated heterocycles. The Kier molecular flexibility index (Phi) is 11.9. The molecule has 0 rings (SSSR count). The van der Waals surface area contributed by atoms with Crippen molar-refractivity contribution in [3.05, 3.63) is 0 Å². The van der Waals surface area contributed by atoms with E-state index in [4.69, 9.17) is 0 Å². The van der Waals surface area contributed by atoms with E-state index in [-0.39, 0.29) is 31.1 Å². The van der Waals surface area contributed by atoms with Crippen LogP contribution in [0.15, 0.2) is 0 Å². The van der Waals surface area contributed by atoms with Gasteiger partial charge in [-0.2, -0.15) is 0 Å². The standard InChI is InChI=1S/C4H10N.C4H9.6Al.IN3.9H/c1-4(2,3)5;1-4(2)3;;;;;;;2-1(3)4;;;;;;;;;/h5H,1-3H3;1-3H3;;;;;;;;;;;;;;;;/q-1;;;;;;2*+1;;;;;;;;;;. The van der Waals surface area contributed by atoms with Gasteiger partial charge >= 0.3 is 177 Å². The molecule has 0 aliphatic carbocycles. The number of hydrogen-bond donors (Lipinski definition) is 1. The normalized spacial score (nSPS) is 14.0. The summed E-state index contributed by atoms with van der Waals surface area (Å²) in [4.78, 5) is 0. The average Bonchev–Trinajstić information content (AvgIpc) is 2.09. The second-order valence-corrected chi connectivity index (χ2v) is 35.9. The number of nitrogens with one attached hydrogen (secondary N) is 1. The van der Waals surface area contributed by atoms with Gasteiger partial charge in [-0.1, -0.05) is 0 Å². The first-order valence-electron chi connectivity index (χ1n) is 6.75. The Morgan fingerprint density at radius 3 is 1.79 bits per heavy atom. The Morgan fingerprint density at radius 1 is 1.00 bits per heavy atom. The molecule has 0 fully saturated rings. The molecule has 0 bridgehead atoms. The maximum absolute atomic E-state index is 3.81. The van der Waals surface area contributed by atoms with E-state index in [0.29, 0.717) is 9.82 Å². The molecule has 0 saturated carbocycles. The molecular formula is C8H28Al6IN4+. The van der Waals surface area contributed by atoms with E-state index in [2.05, 4.69) is 65.6 Å². The second-order valence-electron chi connectivity index (χ2n) is 7.34. The van der Waals surface area contributed by atoms with Gasteiger partial charge in [-0.05, 0) is 0 Å². The summed E-state index contributed by atoms with van der Waals surface area (Å²) in [5.41, 5.74) is 0.292. The SMILES string of the molecule is CC(C)(C)[NH][AlH][N]([AlH2])I([N]([AlH+])[AlH2])[N]([AlH2])[AlH][C](C)(C)C. The zero-order chi connectivity index (χ0) is 15.4. The van der Waals surface area contributed by atoms with Gasteiger partial charge in [-0.3, -0.25) is 0 Å². The first kappa shape index (κ1) is 22.8. The predicted molar refractivity (Wildman–Crippen MR) is 109 cm³/mol. The Morgan fingerprint density at radius 2 is 1.47 bits per heavy atom. The van der Waals surface area contributed by atoms with Crippen molar-refractivity contribution in [1.82, 2.24) is 7.54 Å². The van der Waals surface area contributed by atoms with Crippen molar-refractivity contribution in [2.75, 3.05) is 0 Å². The summed E-state index contributed by atoms with van der Waals surface area (Å²) in [6, 6.07) is 0. The molecular weight excluding hydrogens is 441 g/mol. The molecule has 0 aliphatic rings. The van der Waals surface area contributed by atoms with E-state index in [1.807, 2.05) is 0 Å². The van der Waals surface area contributed by atoms with Gasteiger partial charge in [0.1, 0.15) is 0 Å². The molecule has 0 unspecified atom stereocenters. The quantitative estimate of drug-likeness (QED) is 0.272. The molecule has 19 heavy (non-hydrogen) atoms. The summed E-state index contributed by atoms with van der Waals surface area (Å²) in [5.74, 6) is 0. The molecule has 11 heteroatoms. The summed E-state index contributed by atoms with van der Waals surface area (Å²) < 4.78 is 12.9. The topological polar surface area (TPSA) is 21.8 Å². The van der Waals surface area contributed by atoms with Crippen LogP contribution >= 0.6 is 20.6 Å². The van der Waals surface area contributed by atoms with E-state index < -0.39 is 20.6 Å². The van der Waals surface area contributed by atoms with Crippen LogP contribution in [0.25, 0.3) is 0 Å². The molecule has 0 amide bonds. The number of rotatable bonds is 6. The maximum atomic E-state index is 3.81. The minimum atomic E-state index is -1.12. The number of nitrogens with zero attached hydrogens (tertiary/aromatic N) is 3. The van der Waals surface area contributed by atoms with Crippen LogP contribution in [-0.2, 0) is 0 Å². The van der Waals surface area contributed by atoms with Crippen molar-refractivity contribution in [3.8, 4) is 0 Å². The van der Waals surface area contributed by atoms with Gasteiger partial charge in [-0.15, -0.1) is 0 Å². The van der Waals surface area contributed by atoms with Gasteiger partial charge < -0.3 is 0 Å². The van der Waals surface area contributed by atoms with Gasteiger partial charge in [0.15, 0.2) is 0 Å². The average molecular weight is 469 g/mol. The van der Waals surface area contributed by atoms with Crippen molar-refractivity contribution < 1.29 is 0 Å². The monoisotopic (exact) mass is 469 g/mol. The summed E-state index contributed by atoms with van der Waals surface area (Å²) in [7, 11) is 0. The zero-order valence-corrected chi connectivity index (χ0v) is 26.7. The van der Waals surface area contributed by atoms with Crippen LogP contribution in [-0.4, -0.2) is 106 Å². The molecule has 0 atom stereocenters. The van der Waals surface area contributed by atoms with Crippen LogP contribution in [0.4, 0.5) is 0 Å². The van der Waals surface area contributed by atoms with Gasteiger partial charge in [-0.25, -0.2) is 0 Å². The summed E-state index contributed by atoms with van der Waals surface area (Å²) in [6.45, 7) is 14.2. The number of halogens is 1. The third-order valence-electron chi connectivity index (χ3n) is 2.29. The molecule has 0 radical (unpaired) electrons. The zero-order valence-electron chi connectivity index (χ0n) is 14.3. The predicted octanol–water partition coefficient (Wildman–Crippen LogP) is -2.17. The fourth-order valence-corrected chi connectivity index (χ4v) is 52.0. The van der Waals surface area contributed by atoms with Crippen molar-refractivity contribution in [2.45, 2.75) is 51.4 Å². The van der Waals surface area contributed by atoms with Crippen LogP contribution in [0, 0.1) is 0 Å². The molecule has 0 heterocycles. The summed E-state index contributed by atoms with van der Waals surface area (Å²) in [5, 5.41) is 0. The molecule has 104 valence electrons. The van der Waals surface area contributed by atoms with Crippen LogP contribution < -0.4 is 4.30 Å². The van der Waals surface area contributed by atoms with Crippen LogP contribution in [0.2, 0.25) is 4.28 Å². The van der Waals surface area contributed by atoms with E-state index >= 15 is 0 Å². The molecule has 0 aromatic carbocycles. The first-order valence-corrected chi connectivity index (χ1v) is 15.6. The Labute approximate surface area is 174 Å². The molecule has 0 aromatic rings. The van der Waals surface area contributed by atoms with E-state index in [0.717, 1.165) is 0 Å².